The van der Waals surface area contributed by atoms with E-state index < -0.39 is 23.5 Å². The number of nitrogens with zero attached hydrogens (tertiary/aromatic N) is 2. The molecule has 0 heterocycles. The number of esters is 1. The summed E-state index contributed by atoms with van der Waals surface area (Å²) in [6.07, 6.45) is 0. The minimum Gasteiger partial charge on any atom is -0.480 e. The van der Waals surface area contributed by atoms with Crippen LogP contribution in [0.4, 0.5) is 4.79 Å². The molecule has 0 spiro atoms. The molecule has 0 aliphatic rings. The number of carbonyl (C=O) groups excluding carboxylic acids is 2. The molecule has 0 saturated heterocycles. The maximum atomic E-state index is 11.9. The van der Waals surface area contributed by atoms with E-state index in [-0.39, 0.29) is 13.2 Å². The molecule has 0 aromatic rings. The van der Waals surface area contributed by atoms with Gasteiger partial charge in [0.05, 0.1) is 6.61 Å². The number of carboxylic acid groups (broad SMARTS) is 1. The summed E-state index contributed by atoms with van der Waals surface area (Å²) in [4.78, 5) is 36.3. The van der Waals surface area contributed by atoms with Crippen LogP contribution >= 0.6 is 0 Å². The highest BCUT2D eigenvalue weighted by Gasteiger charge is 2.36. The smallest absolute Gasteiger partial charge is 0.329 e. The second-order valence-corrected chi connectivity index (χ2v) is 4.37. The van der Waals surface area contributed by atoms with E-state index in [1.165, 1.54) is 27.9 Å². The summed E-state index contributed by atoms with van der Waals surface area (Å²) in [5, 5.41) is 9.00. The van der Waals surface area contributed by atoms with Gasteiger partial charge in [-0.15, -0.1) is 0 Å². The third-order valence-electron chi connectivity index (χ3n) is 2.65. The minimum atomic E-state index is -1.35. The lowest BCUT2D eigenvalue weighted by Gasteiger charge is -2.34. The van der Waals surface area contributed by atoms with E-state index in [9.17, 15) is 14.4 Å². The Morgan fingerprint density at radius 3 is 2.11 bits per heavy atom. The lowest BCUT2D eigenvalue weighted by molar-refractivity contribution is -0.147. The van der Waals surface area contributed by atoms with Crippen molar-refractivity contribution in [2.45, 2.75) is 26.3 Å². The van der Waals surface area contributed by atoms with Crippen molar-refractivity contribution >= 4 is 18.0 Å². The summed E-state index contributed by atoms with van der Waals surface area (Å²) < 4.78 is 4.71. The summed E-state index contributed by atoms with van der Waals surface area (Å²) in [5.41, 5.74) is -1.35. The van der Waals surface area contributed by atoms with E-state index in [1.807, 2.05) is 0 Å². The number of likely N-dealkylation sites (N-methyl/N-ethyl adjacent to an activating group) is 2. The highest BCUT2D eigenvalue weighted by molar-refractivity contribution is 5.87. The molecule has 7 heteroatoms. The first-order chi connectivity index (χ1) is 8.14. The van der Waals surface area contributed by atoms with Crippen LogP contribution in [-0.2, 0) is 14.3 Å². The van der Waals surface area contributed by atoms with Gasteiger partial charge in [0.2, 0.25) is 0 Å². The molecule has 0 aliphatic heterocycles. The SMILES string of the molecule is CCOC(=O)CN(C)C(=O)N(C)C(C)(C)C(=O)O. The quantitative estimate of drug-likeness (QED) is 0.723. The van der Waals surface area contributed by atoms with Crippen LogP contribution in [0.5, 0.6) is 0 Å². The molecule has 0 radical (unpaired) electrons. The van der Waals surface area contributed by atoms with E-state index in [2.05, 4.69) is 0 Å². The van der Waals surface area contributed by atoms with Gasteiger partial charge in [0.15, 0.2) is 0 Å². The van der Waals surface area contributed by atoms with Gasteiger partial charge in [-0.2, -0.15) is 0 Å². The molecule has 0 atom stereocenters. The third kappa shape index (κ3) is 3.90. The monoisotopic (exact) mass is 260 g/mol. The molecule has 0 saturated carbocycles. The first kappa shape index (κ1) is 16.2. The van der Waals surface area contributed by atoms with E-state index in [1.54, 1.807) is 6.92 Å². The normalized spacial score (nSPS) is 10.7. The Bertz CT molecular complexity index is 340. The van der Waals surface area contributed by atoms with Crippen LogP contribution in [-0.4, -0.2) is 65.7 Å². The number of aliphatic carboxylic acids is 1. The number of carboxylic acids is 1. The Kier molecular flexibility index (Phi) is 5.61. The maximum Gasteiger partial charge on any atom is 0.329 e. The van der Waals surface area contributed by atoms with E-state index in [0.29, 0.717) is 0 Å². The fraction of sp³-hybridized carbons (Fsp3) is 0.727. The van der Waals surface area contributed by atoms with Crippen molar-refractivity contribution in [3.05, 3.63) is 0 Å². The van der Waals surface area contributed by atoms with Gasteiger partial charge in [-0.1, -0.05) is 0 Å². The molecule has 2 amide bonds. The zero-order valence-corrected chi connectivity index (χ0v) is 11.4. The molecule has 0 aromatic carbocycles. The topological polar surface area (TPSA) is 87.2 Å². The van der Waals surface area contributed by atoms with Gasteiger partial charge in [0.25, 0.3) is 0 Å². The van der Waals surface area contributed by atoms with Gasteiger partial charge in [-0.25, -0.2) is 9.59 Å². The third-order valence-corrected chi connectivity index (χ3v) is 2.65. The van der Waals surface area contributed by atoms with Crippen molar-refractivity contribution in [1.82, 2.24) is 9.80 Å². The number of hydrogen-bond acceptors (Lipinski definition) is 4. The van der Waals surface area contributed by atoms with Crippen LogP contribution in [0.15, 0.2) is 0 Å². The van der Waals surface area contributed by atoms with Crippen LogP contribution in [0.2, 0.25) is 0 Å². The molecular weight excluding hydrogens is 240 g/mol. The molecule has 0 fully saturated rings. The van der Waals surface area contributed by atoms with Gasteiger partial charge in [0, 0.05) is 14.1 Å². The molecule has 104 valence electrons. The zero-order chi connectivity index (χ0) is 14.5. The standard InChI is InChI=1S/C11H20N2O5/c1-6-18-8(14)7-12(4)10(17)13(5)11(2,3)9(15)16/h6-7H2,1-5H3,(H,15,16). The van der Waals surface area contributed by atoms with Crippen LogP contribution in [0, 0.1) is 0 Å². The number of rotatable bonds is 5. The maximum absolute atomic E-state index is 11.9. The number of amides is 2. The van der Waals surface area contributed by atoms with Crippen molar-refractivity contribution in [1.29, 1.82) is 0 Å². The van der Waals surface area contributed by atoms with Gasteiger partial charge in [-0.05, 0) is 20.8 Å². The van der Waals surface area contributed by atoms with Gasteiger partial charge >= 0.3 is 18.0 Å². The van der Waals surface area contributed by atoms with Gasteiger partial charge in [-0.3, -0.25) is 4.79 Å². The minimum absolute atomic E-state index is 0.216. The summed E-state index contributed by atoms with van der Waals surface area (Å²) in [7, 11) is 2.78. The molecular formula is C11H20N2O5. The first-order valence-electron chi connectivity index (χ1n) is 5.52. The Hall–Kier alpha value is -1.79. The average Bonchev–Trinajstić information content (AvgIpc) is 2.26. The van der Waals surface area contributed by atoms with Crippen molar-refractivity contribution in [3.8, 4) is 0 Å². The largest absolute Gasteiger partial charge is 0.480 e. The predicted octanol–water partition coefficient (Wildman–Crippen LogP) is 0.396. The Labute approximate surface area is 106 Å². The molecule has 0 bridgehead atoms. The fourth-order valence-electron chi connectivity index (χ4n) is 1.11. The van der Waals surface area contributed by atoms with Crippen LogP contribution in [0.1, 0.15) is 20.8 Å². The van der Waals surface area contributed by atoms with E-state index in [4.69, 9.17) is 9.84 Å². The highest BCUT2D eigenvalue weighted by Crippen LogP contribution is 2.14. The van der Waals surface area contributed by atoms with E-state index >= 15 is 0 Å². The van der Waals surface area contributed by atoms with Crippen molar-refractivity contribution in [3.63, 3.8) is 0 Å². The molecule has 18 heavy (non-hydrogen) atoms. The summed E-state index contributed by atoms with van der Waals surface area (Å²) in [6, 6.07) is -0.560. The number of urea groups is 1. The molecule has 7 nitrogen and oxygen atoms in total. The van der Waals surface area contributed by atoms with Crippen LogP contribution in [0.3, 0.4) is 0 Å². The number of hydrogen-bond donors (Lipinski definition) is 1. The average molecular weight is 260 g/mol. The van der Waals surface area contributed by atoms with Crippen molar-refractivity contribution < 1.29 is 24.2 Å². The summed E-state index contributed by atoms with van der Waals surface area (Å²) in [6.45, 7) is 4.50. The molecule has 0 rings (SSSR count). The first-order valence-corrected chi connectivity index (χ1v) is 5.52. The van der Waals surface area contributed by atoms with E-state index in [0.717, 1.165) is 9.80 Å². The fourth-order valence-corrected chi connectivity index (χ4v) is 1.11. The number of ether oxygens (including phenoxy) is 1. The van der Waals surface area contributed by atoms with Crippen molar-refractivity contribution in [2.24, 2.45) is 0 Å². The summed E-state index contributed by atoms with van der Waals surface area (Å²) in [5.74, 6) is -1.65. The van der Waals surface area contributed by atoms with Crippen LogP contribution < -0.4 is 0 Å². The van der Waals surface area contributed by atoms with Gasteiger partial charge in [0.1, 0.15) is 12.1 Å². The second-order valence-electron chi connectivity index (χ2n) is 4.37. The second kappa shape index (κ2) is 6.23. The highest BCUT2D eigenvalue weighted by atomic mass is 16.5. The molecule has 1 N–H and O–H groups in total. The molecule has 0 aromatic heterocycles. The summed E-state index contributed by atoms with van der Waals surface area (Å²) >= 11 is 0. The van der Waals surface area contributed by atoms with Gasteiger partial charge < -0.3 is 19.6 Å². The van der Waals surface area contributed by atoms with Crippen molar-refractivity contribution in [2.75, 3.05) is 27.2 Å². The van der Waals surface area contributed by atoms with Crippen LogP contribution in [0.25, 0.3) is 0 Å². The Morgan fingerprint density at radius 2 is 1.72 bits per heavy atom. The lowest BCUT2D eigenvalue weighted by Crippen LogP contribution is -2.55. The lowest BCUT2D eigenvalue weighted by atomic mass is 10.0. The zero-order valence-electron chi connectivity index (χ0n) is 11.4. The predicted molar refractivity (Wildman–Crippen MR) is 64.1 cm³/mol. The Balaban J connectivity index is 4.65. The molecule has 0 aliphatic carbocycles. The Morgan fingerprint density at radius 1 is 1.22 bits per heavy atom. The molecule has 0 unspecified atom stereocenters. The number of carbonyl (C=O) groups is 3.